The number of phenols is 1. The number of amides is 1. The van der Waals surface area contributed by atoms with Crippen molar-refractivity contribution in [2.75, 3.05) is 27.3 Å². The Morgan fingerprint density at radius 3 is 2.56 bits per heavy atom. The second-order valence-electron chi connectivity index (χ2n) is 8.26. The normalized spacial score (nSPS) is 15.4. The second-order valence-corrected chi connectivity index (χ2v) is 9.27. The Morgan fingerprint density at radius 2 is 1.92 bits per heavy atom. The highest BCUT2D eigenvalue weighted by atomic mass is 32.1. The number of benzene rings is 2. The SMILES string of the molecule is CCN(CC)C(=O)C1=C(C)N=c2s/c(=C/c3cccc(O)c3)c(=O)n2[C@@H]1c1cc(OC)ccc1OC. The van der Waals surface area contributed by atoms with Gasteiger partial charge in [-0.1, -0.05) is 23.5 Å². The Labute approximate surface area is 213 Å². The average Bonchev–Trinajstić information content (AvgIpc) is 3.17. The van der Waals surface area contributed by atoms with Crippen molar-refractivity contribution in [3.05, 3.63) is 84.5 Å². The molecule has 0 fully saturated rings. The topological polar surface area (TPSA) is 93.4 Å². The van der Waals surface area contributed by atoms with Gasteiger partial charge in [-0.25, -0.2) is 4.99 Å². The zero-order valence-electron chi connectivity index (χ0n) is 20.9. The van der Waals surface area contributed by atoms with Crippen molar-refractivity contribution in [1.29, 1.82) is 0 Å². The number of carbonyl (C=O) groups is 1. The quantitative estimate of drug-likeness (QED) is 0.531. The molecule has 1 N–H and O–H groups in total. The lowest BCUT2D eigenvalue weighted by Crippen LogP contribution is -2.43. The van der Waals surface area contributed by atoms with Gasteiger partial charge in [-0.3, -0.25) is 14.2 Å². The van der Waals surface area contributed by atoms with Gasteiger partial charge in [-0.2, -0.15) is 0 Å². The number of likely N-dealkylation sites (N-methyl/N-ethyl adjacent to an activating group) is 1. The molecule has 4 rings (SSSR count). The molecule has 36 heavy (non-hydrogen) atoms. The summed E-state index contributed by atoms with van der Waals surface area (Å²) in [5.41, 5.74) is 2.00. The number of fused-ring (bicyclic) bond motifs is 1. The monoisotopic (exact) mass is 507 g/mol. The Bertz CT molecular complexity index is 1510. The summed E-state index contributed by atoms with van der Waals surface area (Å²) in [5, 5.41) is 9.86. The number of nitrogens with zero attached hydrogens (tertiary/aromatic N) is 3. The molecular formula is C27H29N3O5S. The Hall–Kier alpha value is -3.85. The van der Waals surface area contributed by atoms with Crippen LogP contribution in [0.25, 0.3) is 6.08 Å². The van der Waals surface area contributed by atoms with Crippen LogP contribution in [0.2, 0.25) is 0 Å². The van der Waals surface area contributed by atoms with E-state index in [-0.39, 0.29) is 17.2 Å². The van der Waals surface area contributed by atoms with Crippen LogP contribution in [0.5, 0.6) is 17.2 Å². The summed E-state index contributed by atoms with van der Waals surface area (Å²) in [4.78, 5) is 34.5. The third kappa shape index (κ3) is 4.54. The lowest BCUT2D eigenvalue weighted by atomic mass is 9.93. The summed E-state index contributed by atoms with van der Waals surface area (Å²) in [6, 6.07) is 11.3. The predicted octanol–water partition coefficient (Wildman–Crippen LogP) is 2.83. The number of hydrogen-bond acceptors (Lipinski definition) is 7. The minimum atomic E-state index is -0.759. The molecule has 2 aromatic carbocycles. The molecule has 0 saturated carbocycles. The number of ether oxygens (including phenoxy) is 2. The number of aromatic hydroxyl groups is 1. The standard InChI is InChI=1S/C27H29N3O5S/c1-6-29(7-2)26(33)23-16(3)28-27-30(24(23)20-15-19(34-4)11-12-21(20)35-5)25(32)22(36-27)14-17-9-8-10-18(31)13-17/h8-15,24,31H,6-7H2,1-5H3/b22-14+/t24-/m1/s1. The van der Waals surface area contributed by atoms with Gasteiger partial charge in [0.15, 0.2) is 4.80 Å². The summed E-state index contributed by atoms with van der Waals surface area (Å²) in [5.74, 6) is 1.04. The van der Waals surface area contributed by atoms with Crippen LogP contribution in [0.15, 0.2) is 63.5 Å². The molecule has 1 atom stereocenters. The maximum absolute atomic E-state index is 13.8. The Morgan fingerprint density at radius 1 is 1.17 bits per heavy atom. The number of carbonyl (C=O) groups excluding carboxylic acids is 1. The second kappa shape index (κ2) is 10.4. The van der Waals surface area contributed by atoms with Gasteiger partial charge in [0.25, 0.3) is 11.5 Å². The highest BCUT2D eigenvalue weighted by molar-refractivity contribution is 7.07. The van der Waals surface area contributed by atoms with Crippen molar-refractivity contribution in [3.8, 4) is 17.2 Å². The molecule has 0 unspecified atom stereocenters. The first-order valence-electron chi connectivity index (χ1n) is 11.7. The molecule has 0 spiro atoms. The van der Waals surface area contributed by atoms with Gasteiger partial charge in [-0.05, 0) is 62.7 Å². The van der Waals surface area contributed by atoms with E-state index >= 15 is 0 Å². The van der Waals surface area contributed by atoms with Crippen LogP contribution in [0, 0.1) is 0 Å². The van der Waals surface area contributed by atoms with E-state index in [1.54, 1.807) is 79.2 Å². The molecule has 1 aromatic heterocycles. The van der Waals surface area contributed by atoms with E-state index in [2.05, 4.69) is 4.99 Å². The number of thiazole rings is 1. The number of hydrogen-bond donors (Lipinski definition) is 1. The fourth-order valence-electron chi connectivity index (χ4n) is 4.39. The van der Waals surface area contributed by atoms with Crippen LogP contribution in [0.4, 0.5) is 0 Å². The van der Waals surface area contributed by atoms with Gasteiger partial charge in [0.1, 0.15) is 23.3 Å². The van der Waals surface area contributed by atoms with E-state index < -0.39 is 6.04 Å². The van der Waals surface area contributed by atoms with Crippen LogP contribution >= 0.6 is 11.3 Å². The minimum Gasteiger partial charge on any atom is -0.508 e. The summed E-state index contributed by atoms with van der Waals surface area (Å²) in [6.45, 7) is 6.68. The Kier molecular flexibility index (Phi) is 7.30. The van der Waals surface area contributed by atoms with E-state index in [0.717, 1.165) is 0 Å². The number of phenolic OH excluding ortho intramolecular Hbond substituents is 1. The predicted molar refractivity (Wildman–Crippen MR) is 139 cm³/mol. The van der Waals surface area contributed by atoms with E-state index in [9.17, 15) is 14.7 Å². The van der Waals surface area contributed by atoms with Gasteiger partial charge in [-0.15, -0.1) is 0 Å². The van der Waals surface area contributed by atoms with Crippen molar-refractivity contribution < 1.29 is 19.4 Å². The van der Waals surface area contributed by atoms with E-state index in [4.69, 9.17) is 9.47 Å². The largest absolute Gasteiger partial charge is 0.508 e. The molecule has 0 radical (unpaired) electrons. The van der Waals surface area contributed by atoms with Crippen molar-refractivity contribution in [3.63, 3.8) is 0 Å². The molecule has 0 saturated heterocycles. The number of methoxy groups -OCH3 is 2. The van der Waals surface area contributed by atoms with Crippen LogP contribution in [0.1, 0.15) is 37.9 Å². The van der Waals surface area contributed by atoms with Gasteiger partial charge < -0.3 is 19.5 Å². The van der Waals surface area contributed by atoms with E-state index in [0.29, 0.717) is 56.3 Å². The van der Waals surface area contributed by atoms with Crippen LogP contribution in [-0.2, 0) is 4.79 Å². The minimum absolute atomic E-state index is 0.110. The number of rotatable bonds is 7. The summed E-state index contributed by atoms with van der Waals surface area (Å²) >= 11 is 1.24. The van der Waals surface area contributed by atoms with Crippen LogP contribution in [0.3, 0.4) is 0 Å². The molecule has 0 aliphatic carbocycles. The van der Waals surface area contributed by atoms with Gasteiger partial charge in [0, 0.05) is 18.7 Å². The van der Waals surface area contributed by atoms with Crippen molar-refractivity contribution in [2.45, 2.75) is 26.8 Å². The fraction of sp³-hybridized carbons (Fsp3) is 0.296. The molecule has 2 heterocycles. The third-order valence-electron chi connectivity index (χ3n) is 6.20. The molecule has 9 heteroatoms. The molecule has 1 aliphatic rings. The molecular weight excluding hydrogens is 478 g/mol. The van der Waals surface area contributed by atoms with Crippen LogP contribution < -0.4 is 24.4 Å². The highest BCUT2D eigenvalue weighted by Crippen LogP contribution is 2.38. The first-order valence-corrected chi connectivity index (χ1v) is 12.5. The zero-order chi connectivity index (χ0) is 26.0. The third-order valence-corrected chi connectivity index (χ3v) is 7.19. The molecule has 1 amide bonds. The first kappa shape index (κ1) is 25.2. The van der Waals surface area contributed by atoms with E-state index in [1.807, 2.05) is 13.8 Å². The molecule has 8 nitrogen and oxygen atoms in total. The lowest BCUT2D eigenvalue weighted by molar-refractivity contribution is -0.127. The van der Waals surface area contributed by atoms with Gasteiger partial charge in [0.05, 0.1) is 30.0 Å². The number of allylic oxidation sites excluding steroid dienone is 1. The van der Waals surface area contributed by atoms with Crippen molar-refractivity contribution in [1.82, 2.24) is 9.47 Å². The molecule has 1 aliphatic heterocycles. The Balaban J connectivity index is 2.03. The molecule has 3 aromatic rings. The van der Waals surface area contributed by atoms with Gasteiger partial charge >= 0.3 is 0 Å². The average molecular weight is 508 g/mol. The zero-order valence-corrected chi connectivity index (χ0v) is 21.8. The van der Waals surface area contributed by atoms with E-state index in [1.165, 1.54) is 11.3 Å². The summed E-state index contributed by atoms with van der Waals surface area (Å²) in [6.07, 6.45) is 1.72. The highest BCUT2D eigenvalue weighted by Gasteiger charge is 2.36. The maximum atomic E-state index is 13.8. The summed E-state index contributed by atoms with van der Waals surface area (Å²) < 4.78 is 13.1. The van der Waals surface area contributed by atoms with Crippen LogP contribution in [-0.4, -0.2) is 47.8 Å². The first-order chi connectivity index (χ1) is 17.3. The smallest absolute Gasteiger partial charge is 0.271 e. The fourth-order valence-corrected chi connectivity index (χ4v) is 5.44. The molecule has 188 valence electrons. The number of aromatic nitrogens is 1. The van der Waals surface area contributed by atoms with Crippen molar-refractivity contribution in [2.24, 2.45) is 4.99 Å². The lowest BCUT2D eigenvalue weighted by Gasteiger charge is -2.30. The maximum Gasteiger partial charge on any atom is 0.271 e. The van der Waals surface area contributed by atoms with Crippen molar-refractivity contribution >= 4 is 23.3 Å². The van der Waals surface area contributed by atoms with Gasteiger partial charge in [0.2, 0.25) is 0 Å². The molecule has 0 bridgehead atoms. The summed E-state index contributed by atoms with van der Waals surface area (Å²) in [7, 11) is 3.12.